The molecule has 0 fully saturated rings. The molecule has 0 heterocycles. The Labute approximate surface area is 79.8 Å². The summed E-state index contributed by atoms with van der Waals surface area (Å²) in [5.74, 6) is 0. The maximum atomic E-state index is 9.47. The van der Waals surface area contributed by atoms with E-state index in [1.807, 2.05) is 18.7 Å². The lowest BCUT2D eigenvalue weighted by molar-refractivity contribution is -0.00520. The smallest absolute Gasteiger partial charge is 0.0925 e. The molecule has 80 valence electrons. The number of hydrogen-bond acceptors (Lipinski definition) is 4. The summed E-state index contributed by atoms with van der Waals surface area (Å²) in [6, 6.07) is 0. The van der Waals surface area contributed by atoms with Gasteiger partial charge in [0.05, 0.1) is 18.8 Å². The van der Waals surface area contributed by atoms with Crippen LogP contribution >= 0.6 is 0 Å². The van der Waals surface area contributed by atoms with Gasteiger partial charge in [0.2, 0.25) is 0 Å². The van der Waals surface area contributed by atoms with E-state index in [0.29, 0.717) is 19.5 Å². The van der Waals surface area contributed by atoms with E-state index in [9.17, 15) is 10.2 Å². The van der Waals surface area contributed by atoms with Crippen molar-refractivity contribution >= 4 is 0 Å². The van der Waals surface area contributed by atoms with E-state index in [2.05, 4.69) is 0 Å². The third-order valence-electron chi connectivity index (χ3n) is 2.17. The van der Waals surface area contributed by atoms with E-state index in [4.69, 9.17) is 5.11 Å². The Kier molecular flexibility index (Phi) is 7.17. The molecule has 13 heavy (non-hydrogen) atoms. The largest absolute Gasteiger partial charge is 0.395 e. The molecule has 0 radical (unpaired) electrons. The van der Waals surface area contributed by atoms with Gasteiger partial charge in [-0.3, -0.25) is 4.90 Å². The molecule has 0 aromatic carbocycles. The summed E-state index contributed by atoms with van der Waals surface area (Å²) >= 11 is 0. The monoisotopic (exact) mass is 191 g/mol. The van der Waals surface area contributed by atoms with E-state index in [1.165, 1.54) is 0 Å². The Hall–Kier alpha value is -0.160. The van der Waals surface area contributed by atoms with Gasteiger partial charge in [-0.05, 0) is 13.0 Å². The highest BCUT2D eigenvalue weighted by Crippen LogP contribution is 2.01. The second-order valence-corrected chi connectivity index (χ2v) is 3.16. The molecule has 0 aliphatic heterocycles. The molecule has 0 saturated heterocycles. The minimum Gasteiger partial charge on any atom is -0.395 e. The number of aliphatic hydroxyl groups excluding tert-OH is 3. The Morgan fingerprint density at radius 3 is 2.15 bits per heavy atom. The molecule has 0 aliphatic rings. The van der Waals surface area contributed by atoms with E-state index >= 15 is 0 Å². The molecular weight excluding hydrogens is 170 g/mol. The zero-order valence-electron chi connectivity index (χ0n) is 8.48. The first-order valence-corrected chi connectivity index (χ1v) is 4.85. The van der Waals surface area contributed by atoms with Crippen molar-refractivity contribution < 1.29 is 15.3 Å². The van der Waals surface area contributed by atoms with Crippen LogP contribution in [0.3, 0.4) is 0 Å². The highest BCUT2D eigenvalue weighted by atomic mass is 16.3. The van der Waals surface area contributed by atoms with Crippen LogP contribution in [0.4, 0.5) is 0 Å². The van der Waals surface area contributed by atoms with Gasteiger partial charge in [0.25, 0.3) is 0 Å². The van der Waals surface area contributed by atoms with Crippen molar-refractivity contribution in [2.45, 2.75) is 32.5 Å². The molecule has 3 N–H and O–H groups in total. The maximum Gasteiger partial charge on any atom is 0.0925 e. The fourth-order valence-corrected chi connectivity index (χ4v) is 1.18. The van der Waals surface area contributed by atoms with Gasteiger partial charge in [-0.25, -0.2) is 0 Å². The van der Waals surface area contributed by atoms with Gasteiger partial charge in [-0.2, -0.15) is 0 Å². The molecule has 0 bridgehead atoms. The highest BCUT2D eigenvalue weighted by Gasteiger charge is 2.16. The van der Waals surface area contributed by atoms with Gasteiger partial charge in [0.1, 0.15) is 0 Å². The summed E-state index contributed by atoms with van der Waals surface area (Å²) in [6.07, 6.45) is -0.818. The SMILES string of the molecule is CCC(O)C(O)CN(CC)CCO. The van der Waals surface area contributed by atoms with Crippen molar-refractivity contribution in [3.63, 3.8) is 0 Å². The minimum atomic E-state index is -0.712. The van der Waals surface area contributed by atoms with Crippen LogP contribution in [0.1, 0.15) is 20.3 Å². The predicted octanol–water partition coefficient (Wildman–Crippen LogP) is -0.568. The summed E-state index contributed by atoms with van der Waals surface area (Å²) in [4.78, 5) is 1.91. The molecule has 4 nitrogen and oxygen atoms in total. The molecule has 0 aromatic rings. The number of aliphatic hydroxyl groups is 3. The Morgan fingerprint density at radius 2 is 1.77 bits per heavy atom. The Balaban J connectivity index is 3.78. The first kappa shape index (κ1) is 12.8. The minimum absolute atomic E-state index is 0.0861. The first-order valence-electron chi connectivity index (χ1n) is 4.85. The van der Waals surface area contributed by atoms with Gasteiger partial charge in [-0.15, -0.1) is 0 Å². The molecule has 0 saturated carbocycles. The standard InChI is InChI=1S/C9H21NO3/c1-3-8(12)9(13)7-10(4-2)5-6-11/h8-9,11-13H,3-7H2,1-2H3. The number of rotatable bonds is 7. The summed E-state index contributed by atoms with van der Waals surface area (Å²) in [7, 11) is 0. The van der Waals surface area contributed by atoms with Crippen LogP contribution < -0.4 is 0 Å². The van der Waals surface area contributed by atoms with Crippen LogP contribution in [0.15, 0.2) is 0 Å². The number of likely N-dealkylation sites (N-methyl/N-ethyl adjacent to an activating group) is 1. The summed E-state index contributed by atoms with van der Waals surface area (Å²) < 4.78 is 0. The second-order valence-electron chi connectivity index (χ2n) is 3.16. The highest BCUT2D eigenvalue weighted by molar-refractivity contribution is 4.70. The van der Waals surface area contributed by atoms with Crippen LogP contribution in [0.2, 0.25) is 0 Å². The molecule has 0 aliphatic carbocycles. The Bertz CT molecular complexity index is 121. The lowest BCUT2D eigenvalue weighted by Crippen LogP contribution is -2.40. The second kappa shape index (κ2) is 7.26. The summed E-state index contributed by atoms with van der Waals surface area (Å²) in [5, 5.41) is 27.5. The maximum absolute atomic E-state index is 9.47. The van der Waals surface area contributed by atoms with Crippen molar-refractivity contribution in [2.75, 3.05) is 26.2 Å². The molecule has 0 amide bonds. The van der Waals surface area contributed by atoms with Crippen molar-refractivity contribution in [1.29, 1.82) is 0 Å². The van der Waals surface area contributed by atoms with Crippen LogP contribution in [0, 0.1) is 0 Å². The molecule has 2 unspecified atom stereocenters. The van der Waals surface area contributed by atoms with E-state index in [1.54, 1.807) is 0 Å². The Morgan fingerprint density at radius 1 is 1.15 bits per heavy atom. The van der Waals surface area contributed by atoms with Crippen LogP contribution in [-0.2, 0) is 0 Å². The summed E-state index contributed by atoms with van der Waals surface area (Å²) in [6.45, 7) is 5.61. The van der Waals surface area contributed by atoms with E-state index in [0.717, 1.165) is 6.54 Å². The molecule has 2 atom stereocenters. The first-order chi connectivity index (χ1) is 6.15. The van der Waals surface area contributed by atoms with Crippen LogP contribution in [-0.4, -0.2) is 58.7 Å². The van der Waals surface area contributed by atoms with Gasteiger partial charge in [0, 0.05) is 13.1 Å². The molecule has 0 aromatic heterocycles. The third kappa shape index (κ3) is 5.21. The number of hydrogen-bond donors (Lipinski definition) is 3. The fraction of sp³-hybridized carbons (Fsp3) is 1.00. The van der Waals surface area contributed by atoms with Gasteiger partial charge >= 0.3 is 0 Å². The van der Waals surface area contributed by atoms with Crippen molar-refractivity contribution in [3.05, 3.63) is 0 Å². The lowest BCUT2D eigenvalue weighted by atomic mass is 10.1. The average molecular weight is 191 g/mol. The van der Waals surface area contributed by atoms with Crippen molar-refractivity contribution in [3.8, 4) is 0 Å². The zero-order chi connectivity index (χ0) is 10.3. The summed E-state index contributed by atoms with van der Waals surface area (Å²) in [5.41, 5.74) is 0. The van der Waals surface area contributed by atoms with Crippen LogP contribution in [0.5, 0.6) is 0 Å². The molecule has 0 spiro atoms. The van der Waals surface area contributed by atoms with E-state index in [-0.39, 0.29) is 6.61 Å². The van der Waals surface area contributed by atoms with Gasteiger partial charge < -0.3 is 15.3 Å². The quantitative estimate of drug-likeness (QED) is 0.504. The lowest BCUT2D eigenvalue weighted by Gasteiger charge is -2.24. The van der Waals surface area contributed by atoms with Crippen LogP contribution in [0.25, 0.3) is 0 Å². The molecule has 4 heteroatoms. The van der Waals surface area contributed by atoms with Gasteiger partial charge in [-0.1, -0.05) is 13.8 Å². The normalized spacial score (nSPS) is 16.2. The number of nitrogens with zero attached hydrogens (tertiary/aromatic N) is 1. The fourth-order valence-electron chi connectivity index (χ4n) is 1.18. The third-order valence-corrected chi connectivity index (χ3v) is 2.17. The van der Waals surface area contributed by atoms with E-state index < -0.39 is 12.2 Å². The average Bonchev–Trinajstić information content (AvgIpc) is 2.15. The van der Waals surface area contributed by atoms with Crippen molar-refractivity contribution in [1.82, 2.24) is 4.90 Å². The molecular formula is C9H21NO3. The zero-order valence-corrected chi connectivity index (χ0v) is 8.48. The van der Waals surface area contributed by atoms with Crippen molar-refractivity contribution in [2.24, 2.45) is 0 Å². The van der Waals surface area contributed by atoms with Gasteiger partial charge in [0.15, 0.2) is 0 Å². The molecule has 0 rings (SSSR count). The predicted molar refractivity (Wildman–Crippen MR) is 51.5 cm³/mol. The topological polar surface area (TPSA) is 63.9 Å².